The van der Waals surface area contributed by atoms with Crippen molar-refractivity contribution in [2.75, 3.05) is 0 Å². The molecule has 3 rings (SSSR count). The molecule has 0 amide bonds. The number of hydrogen-bond acceptors (Lipinski definition) is 5. The number of nitro benzene ring substituents is 1. The molecule has 1 heterocycles. The minimum absolute atomic E-state index is 0.0848. The van der Waals surface area contributed by atoms with Crippen molar-refractivity contribution in [3.63, 3.8) is 0 Å². The highest BCUT2D eigenvalue weighted by Crippen LogP contribution is 2.27. The molecule has 24 heavy (non-hydrogen) atoms. The Bertz CT molecular complexity index is 901. The lowest BCUT2D eigenvalue weighted by molar-refractivity contribution is -0.385. The molecule has 6 nitrogen and oxygen atoms in total. The lowest BCUT2D eigenvalue weighted by Crippen LogP contribution is -2.05. The Hall–Kier alpha value is -2.80. The number of carbonyl (C=O) groups is 1. The third kappa shape index (κ3) is 3.26. The molecule has 0 spiro atoms. The third-order valence-corrected chi connectivity index (χ3v) is 4.06. The van der Waals surface area contributed by atoms with Gasteiger partial charge in [-0.15, -0.1) is 0 Å². The summed E-state index contributed by atoms with van der Waals surface area (Å²) in [6.07, 6.45) is 1.46. The number of halogens is 1. The van der Waals surface area contributed by atoms with E-state index in [2.05, 4.69) is 20.9 Å². The summed E-state index contributed by atoms with van der Waals surface area (Å²) in [5.74, 6) is -0.367. The van der Waals surface area contributed by atoms with E-state index in [4.69, 9.17) is 4.74 Å². The Morgan fingerprint density at radius 2 is 1.92 bits per heavy atom. The van der Waals surface area contributed by atoms with E-state index < -0.39 is 10.9 Å². The van der Waals surface area contributed by atoms with Gasteiger partial charge in [0.1, 0.15) is 0 Å². The number of rotatable bonds is 3. The first kappa shape index (κ1) is 16.1. The highest BCUT2D eigenvalue weighted by atomic mass is 79.9. The molecule has 0 N–H and O–H groups in total. The number of aryl methyl sites for hydroxylation is 1. The van der Waals surface area contributed by atoms with Gasteiger partial charge < -0.3 is 4.74 Å². The van der Waals surface area contributed by atoms with Crippen molar-refractivity contribution in [2.24, 2.45) is 4.99 Å². The Balaban J connectivity index is 1.95. The van der Waals surface area contributed by atoms with E-state index in [9.17, 15) is 14.9 Å². The van der Waals surface area contributed by atoms with Crippen LogP contribution in [0, 0.1) is 17.0 Å². The SMILES string of the molecule is Cc1ccc(C2=N/C(=C\c3ccc(Br)c([N+](=O)[O-])c3)C(=O)O2)cc1. The summed E-state index contributed by atoms with van der Waals surface area (Å²) in [6, 6.07) is 12.0. The average molecular weight is 387 g/mol. The van der Waals surface area contributed by atoms with E-state index >= 15 is 0 Å². The topological polar surface area (TPSA) is 81.8 Å². The maximum Gasteiger partial charge on any atom is 0.363 e. The molecule has 0 unspecified atom stereocenters. The van der Waals surface area contributed by atoms with Crippen LogP contribution in [0.2, 0.25) is 0 Å². The van der Waals surface area contributed by atoms with E-state index in [1.54, 1.807) is 12.1 Å². The summed E-state index contributed by atoms with van der Waals surface area (Å²) >= 11 is 3.12. The van der Waals surface area contributed by atoms with E-state index in [1.807, 2.05) is 31.2 Å². The molecule has 7 heteroatoms. The van der Waals surface area contributed by atoms with Crippen LogP contribution >= 0.6 is 15.9 Å². The van der Waals surface area contributed by atoms with Crippen LogP contribution in [0.15, 0.2) is 57.6 Å². The molecule has 0 aliphatic carbocycles. The number of hydrogen-bond donors (Lipinski definition) is 0. The molecule has 1 aliphatic heterocycles. The largest absolute Gasteiger partial charge is 0.402 e. The maximum absolute atomic E-state index is 12.0. The monoisotopic (exact) mass is 386 g/mol. The summed E-state index contributed by atoms with van der Waals surface area (Å²) in [7, 11) is 0. The Morgan fingerprint density at radius 3 is 2.58 bits per heavy atom. The van der Waals surface area contributed by atoms with Crippen LogP contribution < -0.4 is 0 Å². The van der Waals surface area contributed by atoms with Crippen molar-refractivity contribution in [2.45, 2.75) is 6.92 Å². The fraction of sp³-hybridized carbons (Fsp3) is 0.0588. The van der Waals surface area contributed by atoms with Gasteiger partial charge in [0, 0.05) is 11.6 Å². The summed E-state index contributed by atoms with van der Waals surface area (Å²) in [5.41, 5.74) is 2.28. The van der Waals surface area contributed by atoms with Gasteiger partial charge in [0.25, 0.3) is 5.69 Å². The van der Waals surface area contributed by atoms with Gasteiger partial charge in [-0.05, 0) is 52.7 Å². The van der Waals surface area contributed by atoms with Crippen LogP contribution in [-0.2, 0) is 9.53 Å². The second kappa shape index (κ2) is 6.37. The predicted octanol–water partition coefficient (Wildman–Crippen LogP) is 4.01. The van der Waals surface area contributed by atoms with Gasteiger partial charge in [-0.3, -0.25) is 10.1 Å². The zero-order valence-electron chi connectivity index (χ0n) is 12.5. The molecule has 0 aromatic heterocycles. The fourth-order valence-electron chi connectivity index (χ4n) is 2.15. The number of ether oxygens (including phenoxy) is 1. The van der Waals surface area contributed by atoms with Crippen molar-refractivity contribution in [1.29, 1.82) is 0 Å². The minimum atomic E-state index is -0.587. The fourth-order valence-corrected chi connectivity index (χ4v) is 2.54. The standard InChI is InChI=1S/C17H11BrN2O4/c1-10-2-5-12(6-3-10)16-19-14(17(21)24-16)8-11-4-7-13(18)15(9-11)20(22)23/h2-9H,1H3/b14-8-. The molecule has 0 atom stereocenters. The number of carbonyl (C=O) groups excluding carboxylic acids is 1. The van der Waals surface area contributed by atoms with Gasteiger partial charge in [-0.25, -0.2) is 9.79 Å². The first-order valence-electron chi connectivity index (χ1n) is 6.97. The van der Waals surface area contributed by atoms with Crippen LogP contribution in [0.25, 0.3) is 6.08 Å². The molecule has 0 radical (unpaired) electrons. The molecule has 120 valence electrons. The Kier molecular flexibility index (Phi) is 4.26. The van der Waals surface area contributed by atoms with Gasteiger partial charge >= 0.3 is 5.97 Å². The maximum atomic E-state index is 12.0. The van der Waals surface area contributed by atoms with E-state index in [-0.39, 0.29) is 17.3 Å². The second-order valence-electron chi connectivity index (χ2n) is 5.17. The van der Waals surface area contributed by atoms with Gasteiger partial charge in [0.2, 0.25) is 5.90 Å². The number of esters is 1. The minimum Gasteiger partial charge on any atom is -0.402 e. The molecule has 1 aliphatic rings. The van der Waals surface area contributed by atoms with Gasteiger partial charge in [0.15, 0.2) is 5.70 Å². The Morgan fingerprint density at radius 1 is 1.21 bits per heavy atom. The Labute approximate surface area is 145 Å². The zero-order valence-corrected chi connectivity index (χ0v) is 14.1. The van der Waals surface area contributed by atoms with Crippen molar-refractivity contribution >= 4 is 39.6 Å². The summed E-state index contributed by atoms with van der Waals surface area (Å²) in [4.78, 5) is 26.6. The van der Waals surface area contributed by atoms with Crippen molar-refractivity contribution in [1.82, 2.24) is 0 Å². The number of aliphatic imine (C=N–C) groups is 1. The zero-order chi connectivity index (χ0) is 17.3. The van der Waals surface area contributed by atoms with Crippen molar-refractivity contribution in [3.8, 4) is 0 Å². The molecule has 0 bridgehead atoms. The summed E-state index contributed by atoms with van der Waals surface area (Å²) in [5, 5.41) is 11.0. The third-order valence-electron chi connectivity index (χ3n) is 3.39. The first-order chi connectivity index (χ1) is 11.4. The average Bonchev–Trinajstić information content (AvgIpc) is 2.90. The van der Waals surface area contributed by atoms with Crippen LogP contribution in [0.1, 0.15) is 16.7 Å². The number of cyclic esters (lactones) is 1. The normalized spacial score (nSPS) is 15.3. The molecule has 0 fully saturated rings. The molecular formula is C17H11BrN2O4. The lowest BCUT2D eigenvalue weighted by Gasteiger charge is -1.99. The van der Waals surface area contributed by atoms with E-state index in [0.717, 1.165) is 5.56 Å². The van der Waals surface area contributed by atoms with Gasteiger partial charge in [-0.2, -0.15) is 0 Å². The molecular weight excluding hydrogens is 376 g/mol. The smallest absolute Gasteiger partial charge is 0.363 e. The highest BCUT2D eigenvalue weighted by Gasteiger charge is 2.24. The van der Waals surface area contributed by atoms with Crippen molar-refractivity contribution in [3.05, 3.63) is 79.4 Å². The summed E-state index contributed by atoms with van der Waals surface area (Å²) in [6.45, 7) is 1.96. The second-order valence-corrected chi connectivity index (χ2v) is 6.02. The molecule has 2 aromatic carbocycles. The van der Waals surface area contributed by atoms with Crippen LogP contribution in [0.5, 0.6) is 0 Å². The predicted molar refractivity (Wildman–Crippen MR) is 92.6 cm³/mol. The quantitative estimate of drug-likeness (QED) is 0.345. The molecule has 2 aromatic rings. The van der Waals surface area contributed by atoms with Crippen molar-refractivity contribution < 1.29 is 14.5 Å². The highest BCUT2D eigenvalue weighted by molar-refractivity contribution is 9.10. The summed E-state index contributed by atoms with van der Waals surface area (Å²) < 4.78 is 5.54. The number of nitro groups is 1. The van der Waals surface area contributed by atoms with Gasteiger partial charge in [0.05, 0.1) is 9.40 Å². The lowest BCUT2D eigenvalue weighted by atomic mass is 10.1. The van der Waals surface area contributed by atoms with Crippen LogP contribution in [0.3, 0.4) is 0 Å². The van der Waals surface area contributed by atoms with E-state index in [1.165, 1.54) is 12.1 Å². The number of nitrogens with zero attached hydrogens (tertiary/aromatic N) is 2. The molecule has 0 saturated carbocycles. The van der Waals surface area contributed by atoms with Crippen LogP contribution in [0.4, 0.5) is 5.69 Å². The first-order valence-corrected chi connectivity index (χ1v) is 7.77. The van der Waals surface area contributed by atoms with Crippen LogP contribution in [-0.4, -0.2) is 16.8 Å². The molecule has 0 saturated heterocycles. The van der Waals surface area contributed by atoms with E-state index in [0.29, 0.717) is 15.6 Å². The number of benzene rings is 2. The van der Waals surface area contributed by atoms with Gasteiger partial charge in [-0.1, -0.05) is 23.8 Å².